The van der Waals surface area contributed by atoms with Crippen molar-refractivity contribution in [2.75, 3.05) is 5.32 Å². The van der Waals surface area contributed by atoms with E-state index in [2.05, 4.69) is 31.2 Å². The summed E-state index contributed by atoms with van der Waals surface area (Å²) in [6.45, 7) is 5.42. The van der Waals surface area contributed by atoms with E-state index in [4.69, 9.17) is 4.74 Å². The maximum Gasteiger partial charge on any atom is 0.412 e. The third-order valence-electron chi connectivity index (χ3n) is 1.56. The summed E-state index contributed by atoms with van der Waals surface area (Å²) >= 11 is 3.28. The van der Waals surface area contributed by atoms with Gasteiger partial charge < -0.3 is 4.74 Å². The number of aromatic nitrogens is 2. The maximum atomic E-state index is 11.5. The van der Waals surface area contributed by atoms with E-state index >= 15 is 0 Å². The predicted molar refractivity (Wildman–Crippen MR) is 64.5 cm³/mol. The second-order valence-electron chi connectivity index (χ2n) is 4.14. The zero-order chi connectivity index (χ0) is 12.2. The molecule has 6 heteroatoms. The lowest BCUT2D eigenvalue weighted by molar-refractivity contribution is 0.0635. The Morgan fingerprint density at radius 1 is 1.56 bits per heavy atom. The summed E-state index contributed by atoms with van der Waals surface area (Å²) in [4.78, 5) is 19.4. The molecular formula is C10H14BrN3O2. The van der Waals surface area contributed by atoms with Crippen LogP contribution in [-0.2, 0) is 10.1 Å². The topological polar surface area (TPSA) is 64.1 Å². The molecule has 0 aromatic carbocycles. The summed E-state index contributed by atoms with van der Waals surface area (Å²) in [7, 11) is 0. The van der Waals surface area contributed by atoms with E-state index in [9.17, 15) is 4.79 Å². The Labute approximate surface area is 103 Å². The molecule has 0 bridgehead atoms. The number of amides is 1. The standard InChI is InChI=1S/C10H14BrN3O2/c1-10(2,3)16-9(15)14-8-5-12-6-13-7(8)4-11/h5-6H,4H2,1-3H3,(H,14,15). The van der Waals surface area contributed by atoms with Gasteiger partial charge in [-0.3, -0.25) is 5.32 Å². The lowest BCUT2D eigenvalue weighted by atomic mass is 10.2. The quantitative estimate of drug-likeness (QED) is 0.850. The first-order valence-corrected chi connectivity index (χ1v) is 5.89. The summed E-state index contributed by atoms with van der Waals surface area (Å²) in [5.74, 6) is 0. The van der Waals surface area contributed by atoms with E-state index in [0.717, 1.165) is 0 Å². The second-order valence-corrected chi connectivity index (χ2v) is 4.70. The van der Waals surface area contributed by atoms with Gasteiger partial charge in [-0.25, -0.2) is 14.8 Å². The number of alkyl halides is 1. The first-order chi connectivity index (χ1) is 7.42. The van der Waals surface area contributed by atoms with Crippen LogP contribution in [0.5, 0.6) is 0 Å². The molecule has 0 spiro atoms. The van der Waals surface area contributed by atoms with Crippen LogP contribution in [-0.4, -0.2) is 21.7 Å². The fraction of sp³-hybridized carbons (Fsp3) is 0.500. The highest BCUT2D eigenvalue weighted by Crippen LogP contribution is 2.15. The van der Waals surface area contributed by atoms with Crippen molar-refractivity contribution in [3.63, 3.8) is 0 Å². The van der Waals surface area contributed by atoms with E-state index in [1.807, 2.05) is 0 Å². The molecule has 1 aromatic rings. The maximum absolute atomic E-state index is 11.5. The van der Waals surface area contributed by atoms with Gasteiger partial charge in [-0.2, -0.15) is 0 Å². The summed E-state index contributed by atoms with van der Waals surface area (Å²) in [6, 6.07) is 0. The fourth-order valence-corrected chi connectivity index (χ4v) is 1.43. The van der Waals surface area contributed by atoms with Gasteiger partial charge in [0.15, 0.2) is 0 Å². The molecule has 0 saturated heterocycles. The Morgan fingerprint density at radius 3 is 2.81 bits per heavy atom. The molecule has 16 heavy (non-hydrogen) atoms. The van der Waals surface area contributed by atoms with Crippen molar-refractivity contribution in [2.45, 2.75) is 31.7 Å². The molecule has 0 fully saturated rings. The van der Waals surface area contributed by atoms with Gasteiger partial charge >= 0.3 is 6.09 Å². The Hall–Kier alpha value is -1.17. The van der Waals surface area contributed by atoms with Crippen LogP contribution in [0.3, 0.4) is 0 Å². The Morgan fingerprint density at radius 2 is 2.25 bits per heavy atom. The average molecular weight is 288 g/mol. The van der Waals surface area contributed by atoms with E-state index < -0.39 is 11.7 Å². The number of halogens is 1. The average Bonchev–Trinajstić information content (AvgIpc) is 2.15. The third-order valence-corrected chi connectivity index (χ3v) is 2.09. The molecule has 0 atom stereocenters. The Balaban J connectivity index is 2.70. The van der Waals surface area contributed by atoms with Gasteiger partial charge in [0, 0.05) is 5.33 Å². The molecule has 0 aliphatic carbocycles. The number of nitrogens with zero attached hydrogens (tertiary/aromatic N) is 2. The van der Waals surface area contributed by atoms with Crippen molar-refractivity contribution in [3.05, 3.63) is 18.2 Å². The molecule has 0 radical (unpaired) electrons. The molecule has 1 N–H and O–H groups in total. The number of carbonyl (C=O) groups excluding carboxylic acids is 1. The molecule has 1 rings (SSSR count). The van der Waals surface area contributed by atoms with Crippen LogP contribution < -0.4 is 5.32 Å². The largest absolute Gasteiger partial charge is 0.444 e. The van der Waals surface area contributed by atoms with Gasteiger partial charge in [0.2, 0.25) is 0 Å². The van der Waals surface area contributed by atoms with Crippen molar-refractivity contribution in [1.29, 1.82) is 0 Å². The highest BCUT2D eigenvalue weighted by molar-refractivity contribution is 9.08. The molecule has 1 amide bonds. The third kappa shape index (κ3) is 4.14. The lowest BCUT2D eigenvalue weighted by Gasteiger charge is -2.19. The monoisotopic (exact) mass is 287 g/mol. The van der Waals surface area contributed by atoms with E-state index in [-0.39, 0.29) is 0 Å². The number of ether oxygens (including phenoxy) is 1. The minimum atomic E-state index is -0.520. The van der Waals surface area contributed by atoms with Crippen molar-refractivity contribution >= 4 is 27.7 Å². The van der Waals surface area contributed by atoms with Crippen LogP contribution in [0.1, 0.15) is 26.5 Å². The van der Waals surface area contributed by atoms with Crippen LogP contribution in [0.4, 0.5) is 10.5 Å². The number of nitrogens with one attached hydrogen (secondary N) is 1. The SMILES string of the molecule is CC(C)(C)OC(=O)Nc1cncnc1CBr. The van der Waals surface area contributed by atoms with Crippen LogP contribution in [0.15, 0.2) is 12.5 Å². The molecule has 1 aromatic heterocycles. The van der Waals surface area contributed by atoms with Crippen LogP contribution in [0.25, 0.3) is 0 Å². The molecule has 1 heterocycles. The van der Waals surface area contributed by atoms with Gasteiger partial charge in [-0.05, 0) is 20.8 Å². The van der Waals surface area contributed by atoms with Crippen LogP contribution >= 0.6 is 15.9 Å². The van der Waals surface area contributed by atoms with Gasteiger partial charge in [0.05, 0.1) is 17.6 Å². The van der Waals surface area contributed by atoms with E-state index in [1.54, 1.807) is 20.8 Å². The van der Waals surface area contributed by atoms with Crippen molar-refractivity contribution < 1.29 is 9.53 Å². The summed E-state index contributed by atoms with van der Waals surface area (Å²) in [5.41, 5.74) is 0.739. The molecule has 0 aliphatic rings. The minimum Gasteiger partial charge on any atom is -0.444 e. The molecular weight excluding hydrogens is 274 g/mol. The highest BCUT2D eigenvalue weighted by Gasteiger charge is 2.17. The predicted octanol–water partition coefficient (Wildman–Crippen LogP) is 2.72. The van der Waals surface area contributed by atoms with Gasteiger partial charge in [-0.1, -0.05) is 15.9 Å². The first kappa shape index (κ1) is 12.9. The van der Waals surface area contributed by atoms with Gasteiger partial charge in [0.25, 0.3) is 0 Å². The van der Waals surface area contributed by atoms with Crippen LogP contribution in [0, 0.1) is 0 Å². The number of hydrogen-bond donors (Lipinski definition) is 1. The summed E-state index contributed by atoms with van der Waals surface area (Å²) in [5, 5.41) is 3.14. The number of anilines is 1. The number of rotatable bonds is 2. The van der Waals surface area contributed by atoms with Crippen molar-refractivity contribution in [2.24, 2.45) is 0 Å². The van der Waals surface area contributed by atoms with E-state index in [1.165, 1.54) is 12.5 Å². The number of hydrogen-bond acceptors (Lipinski definition) is 4. The van der Waals surface area contributed by atoms with Crippen molar-refractivity contribution in [3.8, 4) is 0 Å². The molecule has 88 valence electrons. The summed E-state index contributed by atoms with van der Waals surface area (Å²) < 4.78 is 5.12. The highest BCUT2D eigenvalue weighted by atomic mass is 79.9. The minimum absolute atomic E-state index is 0.510. The number of carbonyl (C=O) groups is 1. The zero-order valence-electron chi connectivity index (χ0n) is 9.45. The first-order valence-electron chi connectivity index (χ1n) is 4.77. The van der Waals surface area contributed by atoms with Crippen LogP contribution in [0.2, 0.25) is 0 Å². The summed E-state index contributed by atoms with van der Waals surface area (Å²) in [6.07, 6.45) is 2.45. The molecule has 0 aliphatic heterocycles. The smallest absolute Gasteiger partial charge is 0.412 e. The van der Waals surface area contributed by atoms with Crippen molar-refractivity contribution in [1.82, 2.24) is 9.97 Å². The van der Waals surface area contributed by atoms with E-state index in [0.29, 0.717) is 16.7 Å². The Kier molecular flexibility index (Phi) is 4.23. The van der Waals surface area contributed by atoms with Gasteiger partial charge in [-0.15, -0.1) is 0 Å². The molecule has 0 unspecified atom stereocenters. The Bertz CT molecular complexity index is 377. The normalized spacial score (nSPS) is 11.0. The second kappa shape index (κ2) is 5.25. The van der Waals surface area contributed by atoms with Gasteiger partial charge in [0.1, 0.15) is 11.9 Å². The molecule has 5 nitrogen and oxygen atoms in total. The zero-order valence-corrected chi connectivity index (χ0v) is 11.0. The molecule has 0 saturated carbocycles. The lowest BCUT2D eigenvalue weighted by Crippen LogP contribution is -2.27. The fourth-order valence-electron chi connectivity index (χ4n) is 0.979.